The van der Waals surface area contributed by atoms with E-state index in [4.69, 9.17) is 18.0 Å². The second-order valence-electron chi connectivity index (χ2n) is 3.83. The van der Waals surface area contributed by atoms with Gasteiger partial charge in [0.05, 0.1) is 5.60 Å². The molecule has 82 valence electrons. The standard InChI is InChI=1S/C14H14O2/c1-3-9-14(16,10-4-2)11-12-5-7-13(15)8-6-12/h1-2,5-8,15-16H,9-11H2. The minimum Gasteiger partial charge on any atom is -0.508 e. The summed E-state index contributed by atoms with van der Waals surface area (Å²) < 4.78 is 0. The lowest BCUT2D eigenvalue weighted by molar-refractivity contribution is 0.0511. The molecule has 1 rings (SSSR count). The summed E-state index contributed by atoms with van der Waals surface area (Å²) in [6.45, 7) is 0. The van der Waals surface area contributed by atoms with Gasteiger partial charge in [0.2, 0.25) is 0 Å². The van der Waals surface area contributed by atoms with Crippen LogP contribution in [0.15, 0.2) is 24.3 Å². The van der Waals surface area contributed by atoms with E-state index in [9.17, 15) is 5.11 Å². The lowest BCUT2D eigenvalue weighted by Crippen LogP contribution is -2.30. The van der Waals surface area contributed by atoms with Gasteiger partial charge in [0, 0.05) is 19.3 Å². The van der Waals surface area contributed by atoms with E-state index in [0.717, 1.165) is 5.56 Å². The predicted molar refractivity (Wildman–Crippen MR) is 63.7 cm³/mol. The summed E-state index contributed by atoms with van der Waals surface area (Å²) >= 11 is 0. The molecule has 1 aromatic carbocycles. The first kappa shape index (κ1) is 12.2. The molecule has 0 heterocycles. The zero-order valence-corrected chi connectivity index (χ0v) is 8.98. The molecule has 0 fully saturated rings. The summed E-state index contributed by atoms with van der Waals surface area (Å²) in [5, 5.41) is 19.3. The molecule has 0 bridgehead atoms. The molecule has 0 saturated carbocycles. The lowest BCUT2D eigenvalue weighted by atomic mass is 9.89. The predicted octanol–water partition coefficient (Wildman–Crippen LogP) is 1.71. The first-order valence-electron chi connectivity index (χ1n) is 4.97. The zero-order chi connectivity index (χ0) is 12.0. The van der Waals surface area contributed by atoms with E-state index >= 15 is 0 Å². The van der Waals surface area contributed by atoms with E-state index in [0.29, 0.717) is 6.42 Å². The molecule has 0 saturated heterocycles. The fraction of sp³-hybridized carbons (Fsp3) is 0.286. The van der Waals surface area contributed by atoms with Crippen molar-refractivity contribution in [3.8, 4) is 30.4 Å². The molecular weight excluding hydrogens is 200 g/mol. The SMILES string of the molecule is C#CCC(O)(CC#C)Cc1ccc(O)cc1. The Balaban J connectivity index is 2.80. The molecule has 0 aromatic heterocycles. The van der Waals surface area contributed by atoms with Crippen LogP contribution in [0.2, 0.25) is 0 Å². The van der Waals surface area contributed by atoms with Crippen LogP contribution in [-0.2, 0) is 6.42 Å². The van der Waals surface area contributed by atoms with Crippen LogP contribution < -0.4 is 0 Å². The van der Waals surface area contributed by atoms with Gasteiger partial charge in [-0.05, 0) is 17.7 Å². The Morgan fingerprint density at radius 3 is 2.00 bits per heavy atom. The topological polar surface area (TPSA) is 40.5 Å². The van der Waals surface area contributed by atoms with Crippen molar-refractivity contribution < 1.29 is 10.2 Å². The number of aromatic hydroxyl groups is 1. The van der Waals surface area contributed by atoms with Gasteiger partial charge >= 0.3 is 0 Å². The number of hydrogen-bond donors (Lipinski definition) is 2. The lowest BCUT2D eigenvalue weighted by Gasteiger charge is -2.23. The van der Waals surface area contributed by atoms with E-state index < -0.39 is 5.60 Å². The van der Waals surface area contributed by atoms with E-state index in [-0.39, 0.29) is 18.6 Å². The van der Waals surface area contributed by atoms with Crippen LogP contribution in [-0.4, -0.2) is 15.8 Å². The number of hydrogen-bond acceptors (Lipinski definition) is 2. The summed E-state index contributed by atoms with van der Waals surface area (Å²) in [6.07, 6.45) is 11.2. The van der Waals surface area contributed by atoms with Crippen molar-refractivity contribution in [3.63, 3.8) is 0 Å². The summed E-state index contributed by atoms with van der Waals surface area (Å²) in [5.41, 5.74) is -0.161. The fourth-order valence-corrected chi connectivity index (χ4v) is 1.56. The van der Waals surface area contributed by atoms with Crippen molar-refractivity contribution in [2.75, 3.05) is 0 Å². The van der Waals surface area contributed by atoms with E-state index in [1.165, 1.54) is 0 Å². The maximum absolute atomic E-state index is 10.2. The van der Waals surface area contributed by atoms with Gasteiger partial charge in [-0.15, -0.1) is 24.7 Å². The van der Waals surface area contributed by atoms with Gasteiger partial charge in [-0.1, -0.05) is 12.1 Å². The Morgan fingerprint density at radius 2 is 1.56 bits per heavy atom. The Bertz CT molecular complexity index is 402. The molecule has 2 N–H and O–H groups in total. The van der Waals surface area contributed by atoms with Crippen molar-refractivity contribution in [3.05, 3.63) is 29.8 Å². The molecule has 0 amide bonds. The summed E-state index contributed by atoms with van der Waals surface area (Å²) in [5.74, 6) is 5.06. The van der Waals surface area contributed by atoms with Crippen molar-refractivity contribution in [2.24, 2.45) is 0 Å². The van der Waals surface area contributed by atoms with Crippen LogP contribution in [0, 0.1) is 24.7 Å². The van der Waals surface area contributed by atoms with Gasteiger partial charge in [-0.25, -0.2) is 0 Å². The van der Waals surface area contributed by atoms with Crippen molar-refractivity contribution >= 4 is 0 Å². The smallest absolute Gasteiger partial charge is 0.115 e. The highest BCUT2D eigenvalue weighted by atomic mass is 16.3. The fourth-order valence-electron chi connectivity index (χ4n) is 1.56. The van der Waals surface area contributed by atoms with Gasteiger partial charge in [0.1, 0.15) is 5.75 Å². The molecule has 0 spiro atoms. The van der Waals surface area contributed by atoms with Crippen LogP contribution >= 0.6 is 0 Å². The van der Waals surface area contributed by atoms with E-state index in [1.54, 1.807) is 24.3 Å². The number of terminal acetylenes is 2. The molecule has 1 aromatic rings. The number of phenols is 1. The molecule has 2 nitrogen and oxygen atoms in total. The molecule has 0 aliphatic heterocycles. The second-order valence-corrected chi connectivity index (χ2v) is 3.83. The zero-order valence-electron chi connectivity index (χ0n) is 8.98. The third-order valence-electron chi connectivity index (χ3n) is 2.33. The molecule has 0 atom stereocenters. The first-order chi connectivity index (χ1) is 7.59. The highest BCUT2D eigenvalue weighted by molar-refractivity contribution is 5.27. The van der Waals surface area contributed by atoms with Crippen LogP contribution in [0.1, 0.15) is 18.4 Å². The maximum atomic E-state index is 10.2. The molecule has 2 heteroatoms. The molecule has 16 heavy (non-hydrogen) atoms. The maximum Gasteiger partial charge on any atom is 0.115 e. The van der Waals surface area contributed by atoms with Gasteiger partial charge in [0.15, 0.2) is 0 Å². The molecule has 0 unspecified atom stereocenters. The monoisotopic (exact) mass is 214 g/mol. The highest BCUT2D eigenvalue weighted by Gasteiger charge is 2.25. The van der Waals surface area contributed by atoms with Crippen molar-refractivity contribution in [1.82, 2.24) is 0 Å². The van der Waals surface area contributed by atoms with Crippen LogP contribution in [0.5, 0.6) is 5.75 Å². The third-order valence-corrected chi connectivity index (χ3v) is 2.33. The van der Waals surface area contributed by atoms with E-state index in [1.807, 2.05) is 0 Å². The average molecular weight is 214 g/mol. The third kappa shape index (κ3) is 3.35. The van der Waals surface area contributed by atoms with Crippen LogP contribution in [0.4, 0.5) is 0 Å². The van der Waals surface area contributed by atoms with Gasteiger partial charge in [-0.2, -0.15) is 0 Å². The van der Waals surface area contributed by atoms with Crippen LogP contribution in [0.3, 0.4) is 0 Å². The van der Waals surface area contributed by atoms with Gasteiger partial charge < -0.3 is 10.2 Å². The minimum absolute atomic E-state index is 0.196. The van der Waals surface area contributed by atoms with Crippen LogP contribution in [0.25, 0.3) is 0 Å². The average Bonchev–Trinajstić information content (AvgIpc) is 2.22. The Morgan fingerprint density at radius 1 is 1.06 bits per heavy atom. The normalized spacial score (nSPS) is 10.4. The Labute approximate surface area is 95.9 Å². The molecule has 0 aliphatic rings. The second kappa shape index (κ2) is 5.26. The van der Waals surface area contributed by atoms with Crippen molar-refractivity contribution in [2.45, 2.75) is 24.9 Å². The summed E-state index contributed by atoms with van der Waals surface area (Å²) in [7, 11) is 0. The van der Waals surface area contributed by atoms with E-state index in [2.05, 4.69) is 11.8 Å². The quantitative estimate of drug-likeness (QED) is 0.749. The minimum atomic E-state index is -1.06. The number of benzene rings is 1. The molecular formula is C14H14O2. The summed E-state index contributed by atoms with van der Waals surface area (Å²) in [6, 6.07) is 6.63. The number of phenolic OH excluding ortho intramolecular Hbond substituents is 1. The molecule has 0 radical (unpaired) electrons. The number of aliphatic hydroxyl groups is 1. The van der Waals surface area contributed by atoms with Crippen molar-refractivity contribution in [1.29, 1.82) is 0 Å². The number of rotatable bonds is 4. The van der Waals surface area contributed by atoms with Gasteiger partial charge in [-0.3, -0.25) is 0 Å². The highest BCUT2D eigenvalue weighted by Crippen LogP contribution is 2.22. The first-order valence-corrected chi connectivity index (χ1v) is 4.97. The molecule has 0 aliphatic carbocycles. The van der Waals surface area contributed by atoms with Gasteiger partial charge in [0.25, 0.3) is 0 Å². The largest absolute Gasteiger partial charge is 0.508 e. The Hall–Kier alpha value is -1.90. The summed E-state index contributed by atoms with van der Waals surface area (Å²) in [4.78, 5) is 0. The Kier molecular flexibility index (Phi) is 4.00.